The maximum atomic E-state index is 9.05. The molecule has 0 amide bonds. The molecule has 0 spiro atoms. The Labute approximate surface area is 95.4 Å². The molecule has 0 radical (unpaired) electrons. The predicted molar refractivity (Wildman–Crippen MR) is 57.7 cm³/mol. The molecule has 0 saturated heterocycles. The van der Waals surface area contributed by atoms with Crippen LogP contribution in [0.15, 0.2) is 22.7 Å². The second-order valence-corrected chi connectivity index (χ2v) is 3.93. The lowest BCUT2D eigenvalue weighted by atomic mass is 10.3. The molecule has 1 unspecified atom stereocenters. The number of hydrogen-bond donors (Lipinski definition) is 2. The Morgan fingerprint density at radius 3 is 2.86 bits per heavy atom. The molecule has 0 heterocycles. The fourth-order valence-electron chi connectivity index (χ4n) is 0.834. The number of hydrogen-bond acceptors (Lipinski definition) is 3. The lowest BCUT2D eigenvalue weighted by Gasteiger charge is -2.11. The normalized spacial score (nSPS) is 12.6. The van der Waals surface area contributed by atoms with Crippen LogP contribution in [-0.2, 0) is 0 Å². The summed E-state index contributed by atoms with van der Waals surface area (Å²) in [5, 5.41) is 18.1. The van der Waals surface area contributed by atoms with Crippen molar-refractivity contribution in [2.75, 3.05) is 13.2 Å². The molecule has 1 rings (SSSR count). The maximum absolute atomic E-state index is 9.05. The molecule has 78 valence electrons. The van der Waals surface area contributed by atoms with Crippen molar-refractivity contribution in [3.63, 3.8) is 0 Å². The molecule has 3 nitrogen and oxygen atoms in total. The third-order valence-corrected chi connectivity index (χ3v) is 2.84. The molecular formula is C9H10BrClO3. The number of halogens is 2. The van der Waals surface area contributed by atoms with Gasteiger partial charge in [0.15, 0.2) is 0 Å². The molecule has 0 aliphatic rings. The molecule has 0 aliphatic carbocycles. The van der Waals surface area contributed by atoms with E-state index >= 15 is 0 Å². The molecule has 0 bridgehead atoms. The molecule has 0 saturated carbocycles. The molecule has 2 N–H and O–H groups in total. The highest BCUT2D eigenvalue weighted by Crippen LogP contribution is 2.31. The second-order valence-electron chi connectivity index (χ2n) is 2.70. The Bertz CT molecular complexity index is 306. The van der Waals surface area contributed by atoms with E-state index in [1.165, 1.54) is 0 Å². The highest BCUT2D eigenvalue weighted by Gasteiger charge is 2.07. The monoisotopic (exact) mass is 280 g/mol. The Morgan fingerprint density at radius 2 is 2.21 bits per heavy atom. The van der Waals surface area contributed by atoms with Crippen molar-refractivity contribution in [3.8, 4) is 5.75 Å². The Hall–Kier alpha value is -0.290. The van der Waals surface area contributed by atoms with Crippen LogP contribution in [-0.4, -0.2) is 29.5 Å². The van der Waals surface area contributed by atoms with Crippen LogP contribution in [0.1, 0.15) is 0 Å². The van der Waals surface area contributed by atoms with E-state index in [1.807, 2.05) is 0 Å². The van der Waals surface area contributed by atoms with Crippen molar-refractivity contribution in [3.05, 3.63) is 27.7 Å². The van der Waals surface area contributed by atoms with Gasteiger partial charge in [0.05, 0.1) is 11.6 Å². The zero-order chi connectivity index (χ0) is 10.6. The van der Waals surface area contributed by atoms with E-state index in [1.54, 1.807) is 18.2 Å². The average molecular weight is 282 g/mol. The number of benzene rings is 1. The van der Waals surface area contributed by atoms with E-state index in [0.29, 0.717) is 10.8 Å². The minimum atomic E-state index is -0.884. The zero-order valence-electron chi connectivity index (χ0n) is 7.28. The van der Waals surface area contributed by atoms with E-state index in [0.717, 1.165) is 4.47 Å². The Balaban J connectivity index is 2.63. The van der Waals surface area contributed by atoms with E-state index in [-0.39, 0.29) is 13.2 Å². The van der Waals surface area contributed by atoms with Gasteiger partial charge in [0.2, 0.25) is 0 Å². The van der Waals surface area contributed by atoms with Crippen molar-refractivity contribution in [1.29, 1.82) is 0 Å². The largest absolute Gasteiger partial charge is 0.489 e. The van der Waals surface area contributed by atoms with E-state index in [4.69, 9.17) is 26.6 Å². The van der Waals surface area contributed by atoms with Gasteiger partial charge in [-0.25, -0.2) is 0 Å². The van der Waals surface area contributed by atoms with Crippen LogP contribution >= 0.6 is 27.5 Å². The molecule has 0 aliphatic heterocycles. The minimum Gasteiger partial charge on any atom is -0.489 e. The number of rotatable bonds is 4. The summed E-state index contributed by atoms with van der Waals surface area (Å²) in [6.07, 6.45) is -0.884. The van der Waals surface area contributed by atoms with Crippen molar-refractivity contribution in [2.45, 2.75) is 6.10 Å². The highest BCUT2D eigenvalue weighted by molar-refractivity contribution is 9.10. The molecule has 0 fully saturated rings. The molecule has 1 aromatic rings. The third kappa shape index (κ3) is 3.13. The van der Waals surface area contributed by atoms with E-state index in [9.17, 15) is 0 Å². The zero-order valence-corrected chi connectivity index (χ0v) is 9.62. The van der Waals surface area contributed by atoms with Crippen LogP contribution in [0.25, 0.3) is 0 Å². The SMILES string of the molecule is OCC(O)COc1cccc(Br)c1Cl. The van der Waals surface area contributed by atoms with Gasteiger partial charge in [-0.15, -0.1) is 0 Å². The van der Waals surface area contributed by atoms with Gasteiger partial charge in [0, 0.05) is 4.47 Å². The summed E-state index contributed by atoms with van der Waals surface area (Å²) >= 11 is 9.15. The second kappa shape index (κ2) is 5.56. The van der Waals surface area contributed by atoms with Gasteiger partial charge in [-0.2, -0.15) is 0 Å². The van der Waals surface area contributed by atoms with Crippen LogP contribution in [0.2, 0.25) is 5.02 Å². The maximum Gasteiger partial charge on any atom is 0.139 e. The predicted octanol–water partition coefficient (Wildman–Crippen LogP) is 1.83. The smallest absolute Gasteiger partial charge is 0.139 e. The summed E-state index contributed by atoms with van der Waals surface area (Å²) < 4.78 is 5.93. The van der Waals surface area contributed by atoms with Crippen molar-refractivity contribution in [1.82, 2.24) is 0 Å². The number of ether oxygens (including phenoxy) is 1. The fraction of sp³-hybridized carbons (Fsp3) is 0.333. The lowest BCUT2D eigenvalue weighted by Crippen LogP contribution is -2.21. The Kier molecular flexibility index (Phi) is 4.68. The van der Waals surface area contributed by atoms with Gasteiger partial charge < -0.3 is 14.9 Å². The average Bonchev–Trinajstić information content (AvgIpc) is 2.20. The lowest BCUT2D eigenvalue weighted by molar-refractivity contribution is 0.0536. The quantitative estimate of drug-likeness (QED) is 0.885. The molecule has 14 heavy (non-hydrogen) atoms. The first-order valence-electron chi connectivity index (χ1n) is 4.01. The summed E-state index contributed by atoms with van der Waals surface area (Å²) in [7, 11) is 0. The van der Waals surface area contributed by atoms with Crippen LogP contribution in [0.3, 0.4) is 0 Å². The van der Waals surface area contributed by atoms with Gasteiger partial charge in [0.25, 0.3) is 0 Å². The first-order valence-corrected chi connectivity index (χ1v) is 5.18. The van der Waals surface area contributed by atoms with Crippen LogP contribution in [0, 0.1) is 0 Å². The van der Waals surface area contributed by atoms with Crippen LogP contribution < -0.4 is 4.74 Å². The molecule has 1 aromatic carbocycles. The van der Waals surface area contributed by atoms with Crippen LogP contribution in [0.4, 0.5) is 0 Å². The standard InChI is InChI=1S/C9H10BrClO3/c10-7-2-1-3-8(9(7)11)14-5-6(13)4-12/h1-3,6,12-13H,4-5H2. The van der Waals surface area contributed by atoms with Gasteiger partial charge in [-0.1, -0.05) is 17.7 Å². The van der Waals surface area contributed by atoms with Gasteiger partial charge in [-0.3, -0.25) is 0 Å². The molecule has 1 atom stereocenters. The third-order valence-electron chi connectivity index (χ3n) is 1.56. The van der Waals surface area contributed by atoms with Crippen LogP contribution in [0.5, 0.6) is 5.75 Å². The number of aliphatic hydroxyl groups is 2. The van der Waals surface area contributed by atoms with Crippen molar-refractivity contribution >= 4 is 27.5 Å². The minimum absolute atomic E-state index is 0.0205. The first kappa shape index (κ1) is 11.8. The topological polar surface area (TPSA) is 49.7 Å². The summed E-state index contributed by atoms with van der Waals surface area (Å²) in [4.78, 5) is 0. The van der Waals surface area contributed by atoms with Gasteiger partial charge >= 0.3 is 0 Å². The van der Waals surface area contributed by atoms with E-state index < -0.39 is 6.10 Å². The summed E-state index contributed by atoms with van der Waals surface area (Å²) in [5.41, 5.74) is 0. The summed E-state index contributed by atoms with van der Waals surface area (Å²) in [6.45, 7) is -0.307. The summed E-state index contributed by atoms with van der Waals surface area (Å²) in [5.74, 6) is 0.480. The van der Waals surface area contributed by atoms with Crippen molar-refractivity contribution < 1.29 is 14.9 Å². The summed E-state index contributed by atoms with van der Waals surface area (Å²) in [6, 6.07) is 5.26. The van der Waals surface area contributed by atoms with Gasteiger partial charge in [0.1, 0.15) is 18.5 Å². The molecule has 0 aromatic heterocycles. The molecule has 5 heteroatoms. The van der Waals surface area contributed by atoms with E-state index in [2.05, 4.69) is 15.9 Å². The highest BCUT2D eigenvalue weighted by atomic mass is 79.9. The molecular weight excluding hydrogens is 271 g/mol. The van der Waals surface area contributed by atoms with Crippen molar-refractivity contribution in [2.24, 2.45) is 0 Å². The first-order chi connectivity index (χ1) is 6.65. The Morgan fingerprint density at radius 1 is 1.50 bits per heavy atom. The van der Waals surface area contributed by atoms with Gasteiger partial charge in [-0.05, 0) is 28.1 Å². The fourth-order valence-corrected chi connectivity index (χ4v) is 1.36. The number of aliphatic hydroxyl groups excluding tert-OH is 2.